The van der Waals surface area contributed by atoms with Gasteiger partial charge in [-0.3, -0.25) is 0 Å². The Bertz CT molecular complexity index is 356. The fourth-order valence-corrected chi connectivity index (χ4v) is 2.92. The molecule has 2 heterocycles. The number of likely N-dealkylation sites (tertiary alicyclic amines) is 1. The first-order chi connectivity index (χ1) is 10.9. The van der Waals surface area contributed by atoms with Gasteiger partial charge in [0, 0.05) is 32.3 Å². The van der Waals surface area contributed by atoms with Gasteiger partial charge in [-0.05, 0) is 46.5 Å². The first-order valence-corrected chi connectivity index (χ1v) is 8.85. The highest BCUT2D eigenvalue weighted by Crippen LogP contribution is 2.17. The predicted octanol–water partition coefficient (Wildman–Crippen LogP) is 2.17. The van der Waals surface area contributed by atoms with E-state index in [1.54, 1.807) is 4.90 Å². The Hall–Kier alpha value is -0.850. The second-order valence-electron chi connectivity index (χ2n) is 7.41. The molecule has 0 aromatic heterocycles. The molecule has 23 heavy (non-hydrogen) atoms. The third-order valence-electron chi connectivity index (χ3n) is 4.14. The van der Waals surface area contributed by atoms with Crippen LogP contribution in [0.3, 0.4) is 0 Å². The molecule has 2 fully saturated rings. The minimum Gasteiger partial charge on any atom is -0.444 e. The highest BCUT2D eigenvalue weighted by Gasteiger charge is 2.27. The average Bonchev–Trinajstić information content (AvgIpc) is 2.51. The van der Waals surface area contributed by atoms with Crippen molar-refractivity contribution in [3.63, 3.8) is 0 Å². The number of carbonyl (C=O) groups is 1. The Morgan fingerprint density at radius 3 is 2.61 bits per heavy atom. The van der Waals surface area contributed by atoms with Gasteiger partial charge in [0.05, 0.1) is 19.3 Å². The van der Waals surface area contributed by atoms with Crippen LogP contribution in [0.25, 0.3) is 0 Å². The molecule has 2 aliphatic rings. The summed E-state index contributed by atoms with van der Waals surface area (Å²) in [5.74, 6) is 0. The van der Waals surface area contributed by atoms with Gasteiger partial charge in [-0.15, -0.1) is 0 Å². The quantitative estimate of drug-likeness (QED) is 0.784. The molecular formula is C17H32N2O4. The number of piperidine rings is 1. The molecule has 6 nitrogen and oxygen atoms in total. The fourth-order valence-electron chi connectivity index (χ4n) is 2.92. The van der Waals surface area contributed by atoms with Gasteiger partial charge in [-0.2, -0.15) is 0 Å². The average molecular weight is 328 g/mol. The topological polar surface area (TPSA) is 60.0 Å². The van der Waals surface area contributed by atoms with Crippen molar-refractivity contribution in [1.29, 1.82) is 0 Å². The van der Waals surface area contributed by atoms with Crippen LogP contribution in [0.1, 0.15) is 46.5 Å². The van der Waals surface area contributed by atoms with Crippen LogP contribution in [0.2, 0.25) is 0 Å². The lowest BCUT2D eigenvalue weighted by atomic mass is 10.1. The van der Waals surface area contributed by atoms with E-state index in [4.69, 9.17) is 14.2 Å². The highest BCUT2D eigenvalue weighted by molar-refractivity contribution is 5.68. The molecule has 2 saturated heterocycles. The molecule has 0 radical (unpaired) electrons. The Labute approximate surface area is 139 Å². The number of nitrogens with zero attached hydrogens (tertiary/aromatic N) is 1. The van der Waals surface area contributed by atoms with E-state index < -0.39 is 5.60 Å². The number of nitrogens with one attached hydrogen (secondary N) is 1. The summed E-state index contributed by atoms with van der Waals surface area (Å²) in [6.07, 6.45) is 4.13. The summed E-state index contributed by atoms with van der Waals surface area (Å²) in [5.41, 5.74) is -0.432. The van der Waals surface area contributed by atoms with Crippen molar-refractivity contribution >= 4 is 6.09 Å². The predicted molar refractivity (Wildman–Crippen MR) is 88.6 cm³/mol. The van der Waals surface area contributed by atoms with Crippen LogP contribution in [0.15, 0.2) is 0 Å². The number of hydrogen-bond acceptors (Lipinski definition) is 5. The van der Waals surface area contributed by atoms with Crippen LogP contribution in [0.4, 0.5) is 4.79 Å². The lowest BCUT2D eigenvalue weighted by Crippen LogP contribution is -2.44. The van der Waals surface area contributed by atoms with Crippen molar-refractivity contribution < 1.29 is 19.0 Å². The van der Waals surface area contributed by atoms with Crippen molar-refractivity contribution in [1.82, 2.24) is 10.2 Å². The number of hydrogen-bond donors (Lipinski definition) is 1. The molecule has 0 spiro atoms. The van der Waals surface area contributed by atoms with Gasteiger partial charge in [0.1, 0.15) is 5.60 Å². The minimum absolute atomic E-state index is 0.213. The summed E-state index contributed by atoms with van der Waals surface area (Å²) in [6, 6.07) is 0.473. The zero-order valence-corrected chi connectivity index (χ0v) is 14.8. The van der Waals surface area contributed by atoms with Gasteiger partial charge in [-0.25, -0.2) is 4.79 Å². The number of ether oxygens (including phenoxy) is 3. The Morgan fingerprint density at radius 1 is 1.26 bits per heavy atom. The SMILES string of the molecule is CC(C)(C)OC(=O)N1CCC(OCCNC2CCCOC2)CC1. The van der Waals surface area contributed by atoms with Crippen molar-refractivity contribution in [2.75, 3.05) is 39.5 Å². The van der Waals surface area contributed by atoms with Crippen LogP contribution in [0, 0.1) is 0 Å². The molecule has 2 rings (SSSR count). The van der Waals surface area contributed by atoms with Crippen molar-refractivity contribution in [3.8, 4) is 0 Å². The number of rotatable bonds is 5. The third-order valence-corrected chi connectivity index (χ3v) is 4.14. The standard InChI is InChI=1S/C17H32N2O4/c1-17(2,3)23-16(20)19-9-6-15(7-10-19)22-12-8-18-14-5-4-11-21-13-14/h14-15,18H,4-13H2,1-3H3. The van der Waals surface area contributed by atoms with E-state index in [0.717, 1.165) is 39.0 Å². The van der Waals surface area contributed by atoms with E-state index >= 15 is 0 Å². The summed E-state index contributed by atoms with van der Waals surface area (Å²) in [6.45, 7) is 10.4. The van der Waals surface area contributed by atoms with Gasteiger partial charge < -0.3 is 24.4 Å². The molecule has 0 aromatic carbocycles. The molecule has 1 amide bonds. The fraction of sp³-hybridized carbons (Fsp3) is 0.941. The van der Waals surface area contributed by atoms with Crippen LogP contribution in [-0.2, 0) is 14.2 Å². The first kappa shape index (κ1) is 18.5. The van der Waals surface area contributed by atoms with E-state index in [0.29, 0.717) is 25.7 Å². The zero-order valence-electron chi connectivity index (χ0n) is 14.8. The number of amides is 1. The van der Waals surface area contributed by atoms with Gasteiger partial charge in [0.25, 0.3) is 0 Å². The van der Waals surface area contributed by atoms with Crippen LogP contribution >= 0.6 is 0 Å². The minimum atomic E-state index is -0.432. The Morgan fingerprint density at radius 2 is 2.00 bits per heavy atom. The van der Waals surface area contributed by atoms with Crippen LogP contribution in [0.5, 0.6) is 0 Å². The van der Waals surface area contributed by atoms with E-state index in [-0.39, 0.29) is 12.2 Å². The Balaban J connectivity index is 1.55. The summed E-state index contributed by atoms with van der Waals surface area (Å²) >= 11 is 0. The van der Waals surface area contributed by atoms with Crippen LogP contribution < -0.4 is 5.32 Å². The van der Waals surface area contributed by atoms with Crippen molar-refractivity contribution in [2.45, 2.75) is 64.2 Å². The lowest BCUT2D eigenvalue weighted by Gasteiger charge is -2.33. The summed E-state index contributed by atoms with van der Waals surface area (Å²) in [4.78, 5) is 13.8. The monoisotopic (exact) mass is 328 g/mol. The van der Waals surface area contributed by atoms with Crippen molar-refractivity contribution in [2.24, 2.45) is 0 Å². The third kappa shape index (κ3) is 7.06. The lowest BCUT2D eigenvalue weighted by molar-refractivity contribution is -0.0119. The molecule has 0 saturated carbocycles. The molecule has 0 bridgehead atoms. The molecule has 134 valence electrons. The maximum Gasteiger partial charge on any atom is 0.410 e. The van der Waals surface area contributed by atoms with Crippen molar-refractivity contribution in [3.05, 3.63) is 0 Å². The first-order valence-electron chi connectivity index (χ1n) is 8.85. The van der Waals surface area contributed by atoms with E-state index in [1.807, 2.05) is 20.8 Å². The number of carbonyl (C=O) groups excluding carboxylic acids is 1. The molecule has 1 N–H and O–H groups in total. The molecule has 2 aliphatic heterocycles. The maximum absolute atomic E-state index is 12.0. The second-order valence-corrected chi connectivity index (χ2v) is 7.41. The zero-order chi connectivity index (χ0) is 16.7. The molecule has 0 aromatic rings. The molecule has 0 aliphatic carbocycles. The van der Waals surface area contributed by atoms with E-state index in [2.05, 4.69) is 5.32 Å². The van der Waals surface area contributed by atoms with E-state index in [9.17, 15) is 4.79 Å². The molecule has 6 heteroatoms. The molecular weight excluding hydrogens is 296 g/mol. The van der Waals surface area contributed by atoms with Gasteiger partial charge in [0.2, 0.25) is 0 Å². The smallest absolute Gasteiger partial charge is 0.410 e. The molecule has 1 atom stereocenters. The van der Waals surface area contributed by atoms with E-state index in [1.165, 1.54) is 6.42 Å². The van der Waals surface area contributed by atoms with Gasteiger partial charge >= 0.3 is 6.09 Å². The van der Waals surface area contributed by atoms with Gasteiger partial charge in [0.15, 0.2) is 0 Å². The highest BCUT2D eigenvalue weighted by atomic mass is 16.6. The second kappa shape index (κ2) is 8.85. The van der Waals surface area contributed by atoms with Gasteiger partial charge in [-0.1, -0.05) is 0 Å². The summed E-state index contributed by atoms with van der Waals surface area (Å²) in [5, 5.41) is 3.48. The summed E-state index contributed by atoms with van der Waals surface area (Å²) < 4.78 is 16.8. The molecule has 1 unspecified atom stereocenters. The van der Waals surface area contributed by atoms with Crippen LogP contribution in [-0.4, -0.2) is 68.2 Å². The Kier molecular flexibility index (Phi) is 7.11. The normalized spacial score (nSPS) is 23.8. The maximum atomic E-state index is 12.0. The largest absolute Gasteiger partial charge is 0.444 e. The summed E-state index contributed by atoms with van der Waals surface area (Å²) in [7, 11) is 0.